The van der Waals surface area contributed by atoms with Gasteiger partial charge in [-0.15, -0.1) is 0 Å². The smallest absolute Gasteiger partial charge is 0.147 e. The van der Waals surface area contributed by atoms with E-state index in [4.69, 9.17) is 0 Å². The maximum atomic E-state index is 4.65. The minimum atomic E-state index is 0.577. The molecule has 1 fully saturated rings. The van der Waals surface area contributed by atoms with Crippen LogP contribution < -0.4 is 4.90 Å². The molecular weight excluding hydrogens is 236 g/mol. The van der Waals surface area contributed by atoms with Gasteiger partial charge in [0.2, 0.25) is 0 Å². The third kappa shape index (κ3) is 2.72. The first kappa shape index (κ1) is 12.1. The van der Waals surface area contributed by atoms with E-state index in [1.807, 2.05) is 6.20 Å². The maximum Gasteiger partial charge on any atom is 0.147 e. The number of anilines is 1. The molecule has 0 unspecified atom stereocenters. The molecule has 3 rings (SSSR count). The molecule has 1 saturated heterocycles. The highest BCUT2D eigenvalue weighted by Gasteiger charge is 2.22. The molecule has 0 N–H and O–H groups in total. The van der Waals surface area contributed by atoms with Crippen molar-refractivity contribution in [3.63, 3.8) is 0 Å². The van der Waals surface area contributed by atoms with Crippen LogP contribution in [0.5, 0.6) is 0 Å². The van der Waals surface area contributed by atoms with E-state index in [1.165, 1.54) is 5.69 Å². The normalized spacial score (nSPS) is 16.6. The van der Waals surface area contributed by atoms with E-state index in [0.29, 0.717) is 5.92 Å². The number of pyridine rings is 1. The van der Waals surface area contributed by atoms with E-state index < -0.39 is 0 Å². The Labute approximate surface area is 113 Å². The van der Waals surface area contributed by atoms with Gasteiger partial charge in [0.25, 0.3) is 0 Å². The quantitative estimate of drug-likeness (QED) is 0.826. The Hall–Kier alpha value is -1.97. The van der Waals surface area contributed by atoms with Crippen LogP contribution in [0.25, 0.3) is 0 Å². The van der Waals surface area contributed by atoms with Crippen LogP contribution in [0, 0.1) is 6.92 Å². The molecule has 98 valence electrons. The van der Waals surface area contributed by atoms with Crippen molar-refractivity contribution in [1.29, 1.82) is 0 Å². The van der Waals surface area contributed by atoms with E-state index >= 15 is 0 Å². The van der Waals surface area contributed by atoms with Crippen LogP contribution in [0.4, 0.5) is 5.82 Å². The molecule has 0 aliphatic carbocycles. The molecular formula is C15H18N4. The molecule has 1 aliphatic heterocycles. The van der Waals surface area contributed by atoms with Gasteiger partial charge in [0, 0.05) is 42.8 Å². The fraction of sp³-hybridized carbons (Fsp3) is 0.400. The Bertz CT molecular complexity index is 533. The second kappa shape index (κ2) is 5.34. The van der Waals surface area contributed by atoms with E-state index in [9.17, 15) is 0 Å². The number of aromatic nitrogens is 3. The predicted molar refractivity (Wildman–Crippen MR) is 75.2 cm³/mol. The zero-order chi connectivity index (χ0) is 13.1. The van der Waals surface area contributed by atoms with Crippen molar-refractivity contribution in [1.82, 2.24) is 15.0 Å². The van der Waals surface area contributed by atoms with E-state index in [2.05, 4.69) is 45.0 Å². The number of aryl methyl sites for hydroxylation is 1. The van der Waals surface area contributed by atoms with Crippen molar-refractivity contribution in [2.24, 2.45) is 0 Å². The Morgan fingerprint density at radius 2 is 2.00 bits per heavy atom. The summed E-state index contributed by atoms with van der Waals surface area (Å²) in [7, 11) is 0. The molecule has 19 heavy (non-hydrogen) atoms. The minimum Gasteiger partial charge on any atom is -0.355 e. The predicted octanol–water partition coefficient (Wildman–Crippen LogP) is 2.56. The summed E-state index contributed by atoms with van der Waals surface area (Å²) in [6.45, 7) is 4.11. The van der Waals surface area contributed by atoms with Crippen molar-refractivity contribution in [3.8, 4) is 0 Å². The molecule has 4 heteroatoms. The molecule has 0 aromatic carbocycles. The first-order valence-corrected chi connectivity index (χ1v) is 6.77. The largest absolute Gasteiger partial charge is 0.355 e. The monoisotopic (exact) mass is 254 g/mol. The van der Waals surface area contributed by atoms with Gasteiger partial charge in [-0.1, -0.05) is 6.07 Å². The van der Waals surface area contributed by atoms with Crippen molar-refractivity contribution < 1.29 is 0 Å². The van der Waals surface area contributed by atoms with Gasteiger partial charge < -0.3 is 4.90 Å². The third-order valence-corrected chi connectivity index (χ3v) is 3.70. The van der Waals surface area contributed by atoms with Gasteiger partial charge >= 0.3 is 0 Å². The zero-order valence-electron chi connectivity index (χ0n) is 11.2. The number of piperidine rings is 1. The summed E-state index contributed by atoms with van der Waals surface area (Å²) in [6, 6.07) is 6.31. The molecule has 3 heterocycles. The molecule has 2 aromatic heterocycles. The standard InChI is InChI=1S/C15H18N4/c1-12-3-2-4-14(18-12)13-5-9-19(10-6-13)15-11-16-7-8-17-15/h2-4,7-8,11,13H,5-6,9-10H2,1H3. The van der Waals surface area contributed by atoms with Crippen molar-refractivity contribution in [3.05, 3.63) is 48.2 Å². The molecule has 4 nitrogen and oxygen atoms in total. The van der Waals surface area contributed by atoms with Crippen LogP contribution in [0.1, 0.15) is 30.1 Å². The lowest BCUT2D eigenvalue weighted by molar-refractivity contribution is 0.493. The number of nitrogens with zero attached hydrogens (tertiary/aromatic N) is 4. The lowest BCUT2D eigenvalue weighted by Gasteiger charge is -2.32. The second-order valence-corrected chi connectivity index (χ2v) is 5.03. The van der Waals surface area contributed by atoms with Gasteiger partial charge in [-0.25, -0.2) is 4.98 Å². The molecule has 0 atom stereocenters. The highest BCUT2D eigenvalue weighted by molar-refractivity contribution is 5.36. The molecule has 0 bridgehead atoms. The van der Waals surface area contributed by atoms with E-state index in [-0.39, 0.29) is 0 Å². The first-order chi connectivity index (χ1) is 9.33. The molecule has 2 aromatic rings. The molecule has 0 saturated carbocycles. The molecule has 0 radical (unpaired) electrons. The topological polar surface area (TPSA) is 41.9 Å². The summed E-state index contributed by atoms with van der Waals surface area (Å²) in [4.78, 5) is 15.4. The van der Waals surface area contributed by atoms with Gasteiger partial charge in [-0.2, -0.15) is 0 Å². The lowest BCUT2D eigenvalue weighted by Crippen LogP contribution is -2.33. The molecule has 0 amide bonds. The minimum absolute atomic E-state index is 0.577. The van der Waals surface area contributed by atoms with Gasteiger partial charge in [0.15, 0.2) is 0 Å². The summed E-state index contributed by atoms with van der Waals surface area (Å²) in [5.74, 6) is 1.56. The first-order valence-electron chi connectivity index (χ1n) is 6.77. The van der Waals surface area contributed by atoms with Gasteiger partial charge in [0.1, 0.15) is 5.82 Å². The van der Waals surface area contributed by atoms with Gasteiger partial charge in [-0.3, -0.25) is 9.97 Å². The zero-order valence-corrected chi connectivity index (χ0v) is 11.2. The van der Waals surface area contributed by atoms with Gasteiger partial charge in [-0.05, 0) is 31.9 Å². The number of hydrogen-bond donors (Lipinski definition) is 0. The van der Waals surface area contributed by atoms with E-state index in [1.54, 1.807) is 12.4 Å². The SMILES string of the molecule is Cc1cccc(C2CCN(c3cnccn3)CC2)n1. The maximum absolute atomic E-state index is 4.65. The van der Waals surface area contributed by atoms with Crippen molar-refractivity contribution in [2.45, 2.75) is 25.7 Å². The molecule has 1 aliphatic rings. The Kier molecular flexibility index (Phi) is 3.40. The summed E-state index contributed by atoms with van der Waals surface area (Å²) >= 11 is 0. The fourth-order valence-corrected chi connectivity index (χ4v) is 2.65. The summed E-state index contributed by atoms with van der Waals surface area (Å²) in [5.41, 5.74) is 2.34. The summed E-state index contributed by atoms with van der Waals surface area (Å²) < 4.78 is 0. The highest BCUT2D eigenvalue weighted by Crippen LogP contribution is 2.28. The van der Waals surface area contributed by atoms with Crippen molar-refractivity contribution in [2.75, 3.05) is 18.0 Å². The number of hydrogen-bond acceptors (Lipinski definition) is 4. The van der Waals surface area contributed by atoms with Crippen LogP contribution in [0.3, 0.4) is 0 Å². The van der Waals surface area contributed by atoms with E-state index in [0.717, 1.165) is 37.4 Å². The highest BCUT2D eigenvalue weighted by atomic mass is 15.2. The number of rotatable bonds is 2. The van der Waals surface area contributed by atoms with Crippen LogP contribution in [-0.4, -0.2) is 28.0 Å². The van der Waals surface area contributed by atoms with Crippen LogP contribution >= 0.6 is 0 Å². The van der Waals surface area contributed by atoms with Crippen LogP contribution in [0.15, 0.2) is 36.8 Å². The summed E-state index contributed by atoms with van der Waals surface area (Å²) in [5, 5.41) is 0. The Morgan fingerprint density at radius 1 is 1.16 bits per heavy atom. The van der Waals surface area contributed by atoms with Gasteiger partial charge in [0.05, 0.1) is 6.20 Å². The Balaban J connectivity index is 1.67. The average Bonchev–Trinajstić information content (AvgIpc) is 2.48. The van der Waals surface area contributed by atoms with Crippen LogP contribution in [0.2, 0.25) is 0 Å². The van der Waals surface area contributed by atoms with Crippen molar-refractivity contribution >= 4 is 5.82 Å². The summed E-state index contributed by atoms with van der Waals surface area (Å²) in [6.07, 6.45) is 7.57. The third-order valence-electron chi connectivity index (χ3n) is 3.70. The lowest BCUT2D eigenvalue weighted by atomic mass is 9.93. The fourth-order valence-electron chi connectivity index (χ4n) is 2.65. The molecule has 0 spiro atoms. The average molecular weight is 254 g/mol. The van der Waals surface area contributed by atoms with Crippen LogP contribution in [-0.2, 0) is 0 Å². The Morgan fingerprint density at radius 3 is 2.68 bits per heavy atom. The second-order valence-electron chi connectivity index (χ2n) is 5.03.